The summed E-state index contributed by atoms with van der Waals surface area (Å²) in [4.78, 5) is 26.4. The summed E-state index contributed by atoms with van der Waals surface area (Å²) in [5.74, 6) is 0.633. The van der Waals surface area contributed by atoms with Gasteiger partial charge in [0, 0.05) is 32.0 Å². The lowest BCUT2D eigenvalue weighted by Gasteiger charge is -2.20. The topological polar surface area (TPSA) is 58.6 Å². The second-order valence-corrected chi connectivity index (χ2v) is 5.90. The van der Waals surface area contributed by atoms with E-state index in [0.717, 1.165) is 17.7 Å². The molecule has 2 rings (SSSR count). The van der Waals surface area contributed by atoms with Gasteiger partial charge in [0.2, 0.25) is 11.8 Å². The molecule has 1 aromatic rings. The first-order valence-electron chi connectivity index (χ1n) is 8.30. The number of carbonyl (C=O) groups excluding carboxylic acids is 2. The van der Waals surface area contributed by atoms with Crippen LogP contribution in [0.15, 0.2) is 24.3 Å². The van der Waals surface area contributed by atoms with Crippen LogP contribution in [0.2, 0.25) is 0 Å². The molecule has 2 amide bonds. The summed E-state index contributed by atoms with van der Waals surface area (Å²) < 4.78 is 5.45. The maximum Gasteiger partial charge on any atom is 0.225 e. The van der Waals surface area contributed by atoms with Gasteiger partial charge in [0.05, 0.1) is 13.0 Å². The van der Waals surface area contributed by atoms with Crippen molar-refractivity contribution in [3.05, 3.63) is 29.8 Å². The molecule has 1 aliphatic heterocycles. The largest absolute Gasteiger partial charge is 0.496 e. The molecule has 0 bridgehead atoms. The first-order chi connectivity index (χ1) is 11.1. The maximum absolute atomic E-state index is 12.6. The molecule has 2 atom stereocenters. The number of rotatable bonds is 6. The molecule has 1 fully saturated rings. The van der Waals surface area contributed by atoms with Crippen LogP contribution in [0.5, 0.6) is 5.75 Å². The van der Waals surface area contributed by atoms with Gasteiger partial charge in [0.25, 0.3) is 0 Å². The quantitative estimate of drug-likeness (QED) is 0.874. The van der Waals surface area contributed by atoms with E-state index in [2.05, 4.69) is 5.32 Å². The van der Waals surface area contributed by atoms with Crippen molar-refractivity contribution in [2.75, 3.05) is 26.7 Å². The number of carbonyl (C=O) groups is 2. The zero-order valence-electron chi connectivity index (χ0n) is 14.2. The Kier molecular flexibility index (Phi) is 6.02. The van der Waals surface area contributed by atoms with Crippen molar-refractivity contribution in [2.45, 2.75) is 32.6 Å². The van der Waals surface area contributed by atoms with E-state index >= 15 is 0 Å². The van der Waals surface area contributed by atoms with E-state index in [1.165, 1.54) is 0 Å². The van der Waals surface area contributed by atoms with Crippen molar-refractivity contribution in [3.8, 4) is 5.75 Å². The third kappa shape index (κ3) is 3.84. The summed E-state index contributed by atoms with van der Waals surface area (Å²) in [7, 11) is 1.63. The zero-order valence-corrected chi connectivity index (χ0v) is 14.2. The molecule has 0 radical (unpaired) electrons. The molecule has 0 spiro atoms. The highest BCUT2D eigenvalue weighted by molar-refractivity contribution is 5.83. The summed E-state index contributed by atoms with van der Waals surface area (Å²) in [6, 6.07) is 7.76. The number of methoxy groups -OCH3 is 1. The van der Waals surface area contributed by atoms with Crippen LogP contribution in [0.25, 0.3) is 0 Å². The fraction of sp³-hybridized carbons (Fsp3) is 0.556. The number of nitrogens with zero attached hydrogens (tertiary/aromatic N) is 1. The summed E-state index contributed by atoms with van der Waals surface area (Å²) in [5, 5.41) is 2.97. The summed E-state index contributed by atoms with van der Waals surface area (Å²) in [6.45, 7) is 5.59. The van der Waals surface area contributed by atoms with Gasteiger partial charge in [-0.2, -0.15) is 0 Å². The van der Waals surface area contributed by atoms with Gasteiger partial charge >= 0.3 is 0 Å². The number of hydrogen-bond donors (Lipinski definition) is 1. The lowest BCUT2D eigenvalue weighted by Crippen LogP contribution is -2.35. The SMILES string of the molecule is CCCNC(=O)C1CN(C(=O)CC)CC1c1ccccc1OC. The highest BCUT2D eigenvalue weighted by atomic mass is 16.5. The number of likely N-dealkylation sites (tertiary alicyclic amines) is 1. The van der Waals surface area contributed by atoms with Crippen molar-refractivity contribution in [1.82, 2.24) is 10.2 Å². The second-order valence-electron chi connectivity index (χ2n) is 5.90. The third-order valence-electron chi connectivity index (χ3n) is 4.40. The van der Waals surface area contributed by atoms with E-state index in [0.29, 0.717) is 26.1 Å². The molecule has 0 aliphatic carbocycles. The Morgan fingerprint density at radius 3 is 2.65 bits per heavy atom. The zero-order chi connectivity index (χ0) is 16.8. The van der Waals surface area contributed by atoms with Crippen LogP contribution < -0.4 is 10.1 Å². The molecular formula is C18H26N2O3. The molecule has 0 saturated carbocycles. The molecule has 5 heteroatoms. The molecule has 1 saturated heterocycles. The lowest BCUT2D eigenvalue weighted by molar-refractivity contribution is -0.130. The van der Waals surface area contributed by atoms with Gasteiger partial charge in [-0.1, -0.05) is 32.0 Å². The average molecular weight is 318 g/mol. The fourth-order valence-electron chi connectivity index (χ4n) is 3.16. The number of nitrogens with one attached hydrogen (secondary N) is 1. The van der Waals surface area contributed by atoms with Gasteiger partial charge in [-0.15, -0.1) is 0 Å². The Morgan fingerprint density at radius 2 is 2.00 bits per heavy atom. The van der Waals surface area contributed by atoms with Crippen LogP contribution in [0.3, 0.4) is 0 Å². The molecule has 23 heavy (non-hydrogen) atoms. The van der Waals surface area contributed by atoms with E-state index in [4.69, 9.17) is 4.74 Å². The first-order valence-corrected chi connectivity index (χ1v) is 8.30. The highest BCUT2D eigenvalue weighted by Gasteiger charge is 2.40. The number of benzene rings is 1. The van der Waals surface area contributed by atoms with E-state index in [1.807, 2.05) is 38.1 Å². The predicted molar refractivity (Wildman–Crippen MR) is 89.4 cm³/mol. The van der Waals surface area contributed by atoms with Gasteiger partial charge in [-0.05, 0) is 18.1 Å². The van der Waals surface area contributed by atoms with Gasteiger partial charge in [-0.25, -0.2) is 0 Å². The molecule has 126 valence electrons. The Morgan fingerprint density at radius 1 is 1.26 bits per heavy atom. The molecule has 0 aromatic heterocycles. The minimum Gasteiger partial charge on any atom is -0.496 e. The van der Waals surface area contributed by atoms with Crippen LogP contribution in [0.1, 0.15) is 38.2 Å². The van der Waals surface area contributed by atoms with E-state index in [1.54, 1.807) is 12.0 Å². The Hall–Kier alpha value is -2.04. The molecule has 1 aliphatic rings. The number of amides is 2. The second kappa shape index (κ2) is 7.99. The summed E-state index contributed by atoms with van der Waals surface area (Å²) >= 11 is 0. The Bertz CT molecular complexity index is 559. The van der Waals surface area contributed by atoms with Crippen LogP contribution in [-0.4, -0.2) is 43.5 Å². The smallest absolute Gasteiger partial charge is 0.225 e. The first kappa shape index (κ1) is 17.3. The Labute approximate surface area is 138 Å². The number of para-hydroxylation sites is 1. The molecule has 1 N–H and O–H groups in total. The predicted octanol–water partition coefficient (Wildman–Crippen LogP) is 2.17. The highest BCUT2D eigenvalue weighted by Crippen LogP contribution is 2.37. The van der Waals surface area contributed by atoms with Crippen molar-refractivity contribution in [2.24, 2.45) is 5.92 Å². The molecular weight excluding hydrogens is 292 g/mol. The van der Waals surface area contributed by atoms with E-state index in [9.17, 15) is 9.59 Å². The van der Waals surface area contributed by atoms with E-state index < -0.39 is 0 Å². The fourth-order valence-corrected chi connectivity index (χ4v) is 3.16. The van der Waals surface area contributed by atoms with Crippen molar-refractivity contribution in [1.29, 1.82) is 0 Å². The van der Waals surface area contributed by atoms with Crippen LogP contribution in [-0.2, 0) is 9.59 Å². The van der Waals surface area contributed by atoms with Gasteiger partial charge in [0.15, 0.2) is 0 Å². The summed E-state index contributed by atoms with van der Waals surface area (Å²) in [5.41, 5.74) is 0.998. The van der Waals surface area contributed by atoms with Crippen molar-refractivity contribution in [3.63, 3.8) is 0 Å². The van der Waals surface area contributed by atoms with Crippen LogP contribution in [0.4, 0.5) is 0 Å². The molecule has 1 aromatic carbocycles. The van der Waals surface area contributed by atoms with Crippen LogP contribution in [0, 0.1) is 5.92 Å². The third-order valence-corrected chi connectivity index (χ3v) is 4.40. The summed E-state index contributed by atoms with van der Waals surface area (Å²) in [6.07, 6.45) is 1.36. The van der Waals surface area contributed by atoms with Crippen LogP contribution >= 0.6 is 0 Å². The minimum atomic E-state index is -0.228. The lowest BCUT2D eigenvalue weighted by atomic mass is 9.87. The maximum atomic E-state index is 12.6. The average Bonchev–Trinajstić information content (AvgIpc) is 3.04. The van der Waals surface area contributed by atoms with Gasteiger partial charge in [0.1, 0.15) is 5.75 Å². The number of ether oxygens (including phenoxy) is 1. The molecule has 1 heterocycles. The number of hydrogen-bond acceptors (Lipinski definition) is 3. The minimum absolute atomic E-state index is 0.0224. The Balaban J connectivity index is 2.28. The normalized spacial score (nSPS) is 20.4. The molecule has 5 nitrogen and oxygen atoms in total. The van der Waals surface area contributed by atoms with Crippen molar-refractivity contribution >= 4 is 11.8 Å². The van der Waals surface area contributed by atoms with Crippen molar-refractivity contribution < 1.29 is 14.3 Å². The van der Waals surface area contributed by atoms with Gasteiger partial charge in [-0.3, -0.25) is 9.59 Å². The van der Waals surface area contributed by atoms with Gasteiger partial charge < -0.3 is 15.0 Å². The van der Waals surface area contributed by atoms with E-state index in [-0.39, 0.29) is 23.7 Å². The molecule has 2 unspecified atom stereocenters. The standard InChI is InChI=1S/C18H26N2O3/c1-4-10-19-18(22)15-12-20(17(21)5-2)11-14(15)13-8-6-7-9-16(13)23-3/h6-9,14-15H,4-5,10-12H2,1-3H3,(H,19,22). The monoisotopic (exact) mass is 318 g/mol.